The highest BCUT2D eigenvalue weighted by molar-refractivity contribution is 5.30. The van der Waals surface area contributed by atoms with Gasteiger partial charge in [0.05, 0.1) is 5.69 Å². The average Bonchev–Trinajstić information content (AvgIpc) is 2.85. The van der Waals surface area contributed by atoms with Crippen molar-refractivity contribution in [2.75, 3.05) is 0 Å². The molecule has 1 atom stereocenters. The first kappa shape index (κ1) is 14.5. The Bertz CT molecular complexity index is 578. The van der Waals surface area contributed by atoms with Crippen LogP contribution < -0.4 is 10.5 Å². The molecule has 0 saturated carbocycles. The minimum Gasteiger partial charge on any atom is -0.487 e. The monoisotopic (exact) mass is 277 g/mol. The predicted octanol–water partition coefficient (Wildman–Crippen LogP) is 3.20. The van der Waals surface area contributed by atoms with Gasteiger partial charge < -0.3 is 10.5 Å². The molecule has 1 heterocycles. The molecule has 5 heteroatoms. The summed E-state index contributed by atoms with van der Waals surface area (Å²) in [5.41, 5.74) is 6.97. The molecule has 0 unspecified atom stereocenters. The minimum atomic E-state index is -0.342. The molecule has 108 valence electrons. The lowest BCUT2D eigenvalue weighted by Gasteiger charge is -2.10. The highest BCUT2D eigenvalue weighted by Gasteiger charge is 2.09. The smallest absolute Gasteiger partial charge is 0.132 e. The van der Waals surface area contributed by atoms with Crippen LogP contribution in [0.2, 0.25) is 0 Å². The van der Waals surface area contributed by atoms with Crippen LogP contribution in [0, 0.1) is 5.82 Å². The van der Waals surface area contributed by atoms with E-state index in [2.05, 4.69) is 18.9 Å². The van der Waals surface area contributed by atoms with Gasteiger partial charge in [0, 0.05) is 29.9 Å². The molecule has 0 bridgehead atoms. The van der Waals surface area contributed by atoms with E-state index in [-0.39, 0.29) is 11.9 Å². The van der Waals surface area contributed by atoms with Crippen LogP contribution in [0.25, 0.3) is 0 Å². The summed E-state index contributed by atoms with van der Waals surface area (Å²) in [5, 5.41) is 4.37. The van der Waals surface area contributed by atoms with E-state index < -0.39 is 0 Å². The summed E-state index contributed by atoms with van der Waals surface area (Å²) in [5.74, 6) is 0.135. The number of hydrogen-bond donors (Lipinski definition) is 1. The number of halogens is 1. The van der Waals surface area contributed by atoms with Crippen molar-refractivity contribution >= 4 is 0 Å². The standard InChI is InChI=1S/C15H20FN3O/c1-10(2)19-7-6-12(18-19)9-20-13-4-5-14(11(3)17)15(16)8-13/h4-8,10-11H,9,17H2,1-3H3/t11-/m1/s1. The molecule has 2 N–H and O–H groups in total. The van der Waals surface area contributed by atoms with Crippen molar-refractivity contribution in [3.8, 4) is 5.75 Å². The fourth-order valence-electron chi connectivity index (χ4n) is 1.87. The highest BCUT2D eigenvalue weighted by atomic mass is 19.1. The zero-order valence-corrected chi connectivity index (χ0v) is 12.0. The lowest BCUT2D eigenvalue weighted by molar-refractivity contribution is 0.297. The van der Waals surface area contributed by atoms with E-state index in [1.54, 1.807) is 19.1 Å². The van der Waals surface area contributed by atoms with Crippen molar-refractivity contribution < 1.29 is 9.13 Å². The van der Waals surface area contributed by atoms with Gasteiger partial charge in [0.25, 0.3) is 0 Å². The Balaban J connectivity index is 2.01. The van der Waals surface area contributed by atoms with E-state index in [1.807, 2.05) is 16.9 Å². The van der Waals surface area contributed by atoms with Gasteiger partial charge in [-0.05, 0) is 32.9 Å². The molecule has 0 aliphatic rings. The summed E-state index contributed by atoms with van der Waals surface area (Å²) in [4.78, 5) is 0. The van der Waals surface area contributed by atoms with E-state index in [0.29, 0.717) is 24.0 Å². The van der Waals surface area contributed by atoms with E-state index in [1.165, 1.54) is 6.07 Å². The second-order valence-electron chi connectivity index (χ2n) is 5.14. The molecule has 0 spiro atoms. The van der Waals surface area contributed by atoms with E-state index >= 15 is 0 Å². The molecule has 0 aliphatic carbocycles. The van der Waals surface area contributed by atoms with E-state index in [9.17, 15) is 4.39 Å². The maximum atomic E-state index is 13.8. The maximum absolute atomic E-state index is 13.8. The largest absolute Gasteiger partial charge is 0.487 e. The SMILES string of the molecule is CC(C)n1ccc(COc2ccc([C@@H](C)N)c(F)c2)n1. The molecule has 0 radical (unpaired) electrons. The van der Waals surface area contributed by atoms with Crippen LogP contribution in [0.3, 0.4) is 0 Å². The Morgan fingerprint density at radius 2 is 2.05 bits per heavy atom. The molecule has 20 heavy (non-hydrogen) atoms. The Hall–Kier alpha value is -1.88. The van der Waals surface area contributed by atoms with Crippen LogP contribution in [0.4, 0.5) is 4.39 Å². The maximum Gasteiger partial charge on any atom is 0.132 e. The number of hydrogen-bond acceptors (Lipinski definition) is 3. The second kappa shape index (κ2) is 6.05. The van der Waals surface area contributed by atoms with Crippen molar-refractivity contribution in [3.05, 3.63) is 47.5 Å². The Morgan fingerprint density at radius 3 is 2.60 bits per heavy atom. The van der Waals surface area contributed by atoms with Gasteiger partial charge in [0.2, 0.25) is 0 Å². The average molecular weight is 277 g/mol. The normalized spacial score (nSPS) is 12.7. The quantitative estimate of drug-likeness (QED) is 0.913. The molecule has 0 aliphatic heterocycles. The van der Waals surface area contributed by atoms with Gasteiger partial charge in [0.1, 0.15) is 18.2 Å². The molecule has 1 aromatic carbocycles. The zero-order valence-electron chi connectivity index (χ0n) is 12.0. The summed E-state index contributed by atoms with van der Waals surface area (Å²) in [6.07, 6.45) is 1.91. The third-order valence-corrected chi connectivity index (χ3v) is 3.04. The Kier molecular flexibility index (Phi) is 4.39. The topological polar surface area (TPSA) is 53.1 Å². The van der Waals surface area contributed by atoms with Crippen LogP contribution >= 0.6 is 0 Å². The van der Waals surface area contributed by atoms with Gasteiger partial charge >= 0.3 is 0 Å². The van der Waals surface area contributed by atoms with Gasteiger partial charge in [0.15, 0.2) is 0 Å². The molecule has 2 rings (SSSR count). The summed E-state index contributed by atoms with van der Waals surface area (Å²) >= 11 is 0. The van der Waals surface area contributed by atoms with Gasteiger partial charge in [-0.15, -0.1) is 0 Å². The molecule has 0 saturated heterocycles. The fourth-order valence-corrected chi connectivity index (χ4v) is 1.87. The first-order valence-electron chi connectivity index (χ1n) is 6.69. The van der Waals surface area contributed by atoms with Gasteiger partial charge in [-0.3, -0.25) is 4.68 Å². The molecule has 0 amide bonds. The first-order chi connectivity index (χ1) is 9.47. The highest BCUT2D eigenvalue weighted by Crippen LogP contribution is 2.21. The number of rotatable bonds is 5. The number of nitrogens with two attached hydrogens (primary N) is 1. The lowest BCUT2D eigenvalue weighted by atomic mass is 10.1. The number of benzene rings is 1. The van der Waals surface area contributed by atoms with Crippen molar-refractivity contribution in [1.82, 2.24) is 9.78 Å². The summed E-state index contributed by atoms with van der Waals surface area (Å²) in [6.45, 7) is 6.17. The van der Waals surface area contributed by atoms with Gasteiger partial charge in [-0.2, -0.15) is 5.10 Å². The molecular weight excluding hydrogens is 257 g/mol. The summed E-state index contributed by atoms with van der Waals surface area (Å²) in [7, 11) is 0. The number of aromatic nitrogens is 2. The lowest BCUT2D eigenvalue weighted by Crippen LogP contribution is -2.07. The van der Waals surface area contributed by atoms with Crippen molar-refractivity contribution in [1.29, 1.82) is 0 Å². The third kappa shape index (κ3) is 3.36. The number of nitrogens with zero attached hydrogens (tertiary/aromatic N) is 2. The van der Waals surface area contributed by atoms with Crippen LogP contribution in [0.5, 0.6) is 5.75 Å². The number of ether oxygens (including phenoxy) is 1. The summed E-state index contributed by atoms with van der Waals surface area (Å²) < 4.78 is 21.2. The van der Waals surface area contributed by atoms with Crippen molar-refractivity contribution in [2.24, 2.45) is 5.73 Å². The predicted molar refractivity (Wildman–Crippen MR) is 75.9 cm³/mol. The molecular formula is C15H20FN3O. The summed E-state index contributed by atoms with van der Waals surface area (Å²) in [6, 6.07) is 6.62. The van der Waals surface area contributed by atoms with Crippen LogP contribution in [-0.4, -0.2) is 9.78 Å². The van der Waals surface area contributed by atoms with Crippen molar-refractivity contribution in [3.63, 3.8) is 0 Å². The fraction of sp³-hybridized carbons (Fsp3) is 0.400. The third-order valence-electron chi connectivity index (χ3n) is 3.04. The minimum absolute atomic E-state index is 0.312. The van der Waals surface area contributed by atoms with E-state index in [4.69, 9.17) is 10.5 Å². The van der Waals surface area contributed by atoms with Crippen LogP contribution in [0.1, 0.15) is 44.1 Å². The van der Waals surface area contributed by atoms with Crippen LogP contribution in [0.15, 0.2) is 30.5 Å². The van der Waals surface area contributed by atoms with Gasteiger partial charge in [-0.1, -0.05) is 6.07 Å². The van der Waals surface area contributed by atoms with Gasteiger partial charge in [-0.25, -0.2) is 4.39 Å². The van der Waals surface area contributed by atoms with E-state index in [0.717, 1.165) is 5.69 Å². The molecule has 0 fully saturated rings. The molecule has 1 aromatic heterocycles. The van der Waals surface area contributed by atoms with Crippen LogP contribution in [-0.2, 0) is 6.61 Å². The Labute approximate surface area is 118 Å². The zero-order chi connectivity index (χ0) is 14.7. The first-order valence-corrected chi connectivity index (χ1v) is 6.69. The second-order valence-corrected chi connectivity index (χ2v) is 5.14. The molecule has 4 nitrogen and oxygen atoms in total. The molecule has 2 aromatic rings. The van der Waals surface area contributed by atoms with Crippen molar-refractivity contribution in [2.45, 2.75) is 39.5 Å². The Morgan fingerprint density at radius 1 is 1.30 bits per heavy atom.